The van der Waals surface area contributed by atoms with Crippen molar-refractivity contribution in [2.45, 2.75) is 25.4 Å². The average Bonchev–Trinajstić information content (AvgIpc) is 1.93. The number of rotatable bonds is 2. The Hall–Kier alpha value is -0.610. The van der Waals surface area contributed by atoms with E-state index in [-0.39, 0.29) is 12.5 Å². The van der Waals surface area contributed by atoms with Crippen molar-refractivity contribution in [3.05, 3.63) is 0 Å². The molecule has 1 aliphatic rings. The third-order valence-electron chi connectivity index (χ3n) is 1.85. The van der Waals surface area contributed by atoms with Crippen LogP contribution in [0, 0.1) is 0 Å². The molecule has 11 heavy (non-hydrogen) atoms. The lowest BCUT2D eigenvalue weighted by atomic mass is 10.1. The first-order valence-electron chi connectivity index (χ1n) is 3.87. The van der Waals surface area contributed by atoms with Gasteiger partial charge in [-0.15, -0.1) is 0 Å². The molecule has 0 radical (unpaired) electrons. The zero-order valence-corrected chi connectivity index (χ0v) is 6.63. The number of carbonyl (C=O) groups is 1. The number of aliphatic carboxylic acids is 1. The van der Waals surface area contributed by atoms with E-state index >= 15 is 0 Å². The minimum Gasteiger partial charge on any atom is -0.481 e. The summed E-state index contributed by atoms with van der Waals surface area (Å²) >= 11 is 0. The Morgan fingerprint density at radius 3 is 2.73 bits per heavy atom. The molecule has 0 spiro atoms. The summed E-state index contributed by atoms with van der Waals surface area (Å²) in [6.07, 6.45) is 0.208. The summed E-state index contributed by atoms with van der Waals surface area (Å²) in [5, 5.41) is 14.8. The van der Waals surface area contributed by atoms with Crippen LogP contribution in [-0.2, 0) is 4.79 Å². The first-order valence-corrected chi connectivity index (χ1v) is 3.87. The maximum Gasteiger partial charge on any atom is 0.304 e. The largest absolute Gasteiger partial charge is 0.481 e. The maximum absolute atomic E-state index is 10.3. The second kappa shape index (κ2) is 3.69. The summed E-state index contributed by atoms with van der Waals surface area (Å²) in [5.74, 6) is -0.737. The van der Waals surface area contributed by atoms with Gasteiger partial charge in [0.1, 0.15) is 0 Å². The first-order chi connectivity index (χ1) is 5.18. The maximum atomic E-state index is 10.3. The van der Waals surface area contributed by atoms with Crippen molar-refractivity contribution < 1.29 is 9.90 Å². The molecule has 4 heteroatoms. The van der Waals surface area contributed by atoms with Crippen molar-refractivity contribution in [1.29, 1.82) is 0 Å². The van der Waals surface area contributed by atoms with Crippen molar-refractivity contribution >= 4 is 5.97 Å². The van der Waals surface area contributed by atoms with Crippen LogP contribution in [0.1, 0.15) is 13.3 Å². The molecular weight excluding hydrogens is 144 g/mol. The van der Waals surface area contributed by atoms with Crippen LogP contribution in [0.5, 0.6) is 0 Å². The predicted molar refractivity (Wildman–Crippen MR) is 41.5 cm³/mol. The molecule has 2 atom stereocenters. The lowest BCUT2D eigenvalue weighted by Gasteiger charge is -2.27. The van der Waals surface area contributed by atoms with E-state index in [9.17, 15) is 4.79 Å². The van der Waals surface area contributed by atoms with Gasteiger partial charge in [-0.05, 0) is 6.92 Å². The van der Waals surface area contributed by atoms with E-state index in [1.54, 1.807) is 0 Å². The van der Waals surface area contributed by atoms with Crippen molar-refractivity contribution in [3.63, 3.8) is 0 Å². The van der Waals surface area contributed by atoms with E-state index in [0.717, 1.165) is 13.1 Å². The molecule has 3 N–H and O–H groups in total. The van der Waals surface area contributed by atoms with E-state index in [1.807, 2.05) is 0 Å². The number of piperazine rings is 1. The van der Waals surface area contributed by atoms with E-state index in [0.29, 0.717) is 6.04 Å². The summed E-state index contributed by atoms with van der Waals surface area (Å²) in [5.41, 5.74) is 0. The van der Waals surface area contributed by atoms with Crippen LogP contribution >= 0.6 is 0 Å². The highest BCUT2D eigenvalue weighted by molar-refractivity contribution is 5.67. The minimum atomic E-state index is -0.737. The van der Waals surface area contributed by atoms with E-state index < -0.39 is 5.97 Å². The molecule has 1 rings (SSSR count). The molecule has 4 nitrogen and oxygen atoms in total. The van der Waals surface area contributed by atoms with Crippen molar-refractivity contribution in [3.8, 4) is 0 Å². The zero-order chi connectivity index (χ0) is 8.27. The van der Waals surface area contributed by atoms with Crippen molar-refractivity contribution in [2.24, 2.45) is 0 Å². The average molecular weight is 158 g/mol. The van der Waals surface area contributed by atoms with Gasteiger partial charge >= 0.3 is 5.97 Å². The Balaban J connectivity index is 2.22. The molecule has 0 aromatic carbocycles. The number of hydrogen-bond donors (Lipinski definition) is 3. The Kier molecular flexibility index (Phi) is 2.84. The summed E-state index contributed by atoms with van der Waals surface area (Å²) < 4.78 is 0. The van der Waals surface area contributed by atoms with E-state index in [1.165, 1.54) is 0 Å². The third kappa shape index (κ3) is 2.86. The van der Waals surface area contributed by atoms with Crippen LogP contribution < -0.4 is 10.6 Å². The standard InChI is InChI=1S/C7H14N2O2/c1-5-3-9-6(4-8-5)2-7(10)11/h5-6,8-9H,2-4H2,1H3,(H,10,11)/t5-,6-/m1/s1. The van der Waals surface area contributed by atoms with Crippen LogP contribution in [0.25, 0.3) is 0 Å². The molecule has 0 unspecified atom stereocenters. The van der Waals surface area contributed by atoms with Gasteiger partial charge in [-0.3, -0.25) is 4.79 Å². The van der Waals surface area contributed by atoms with Gasteiger partial charge in [-0.2, -0.15) is 0 Å². The predicted octanol–water partition coefficient (Wildman–Crippen LogP) is -0.589. The summed E-state index contributed by atoms with van der Waals surface area (Å²) in [6.45, 7) is 3.69. The third-order valence-corrected chi connectivity index (χ3v) is 1.85. The normalized spacial score (nSPS) is 31.7. The molecule has 0 bridgehead atoms. The Labute approximate surface area is 66.0 Å². The van der Waals surface area contributed by atoms with Gasteiger partial charge in [0, 0.05) is 25.2 Å². The molecule has 0 saturated carbocycles. The van der Waals surface area contributed by atoms with Crippen molar-refractivity contribution in [2.75, 3.05) is 13.1 Å². The van der Waals surface area contributed by atoms with Gasteiger partial charge in [0.15, 0.2) is 0 Å². The molecule has 1 heterocycles. The fourth-order valence-electron chi connectivity index (χ4n) is 1.19. The van der Waals surface area contributed by atoms with Gasteiger partial charge in [0.05, 0.1) is 6.42 Å². The first kappa shape index (κ1) is 8.49. The van der Waals surface area contributed by atoms with Crippen LogP contribution in [-0.4, -0.2) is 36.2 Å². The molecule has 1 aliphatic heterocycles. The summed E-state index contributed by atoms with van der Waals surface area (Å²) in [7, 11) is 0. The Morgan fingerprint density at radius 1 is 1.55 bits per heavy atom. The van der Waals surface area contributed by atoms with E-state index in [4.69, 9.17) is 5.11 Å². The van der Waals surface area contributed by atoms with Crippen LogP contribution in [0.2, 0.25) is 0 Å². The molecule has 0 amide bonds. The zero-order valence-electron chi connectivity index (χ0n) is 6.63. The second-order valence-electron chi connectivity index (χ2n) is 3.01. The molecule has 1 saturated heterocycles. The molecule has 1 fully saturated rings. The molecule has 0 aromatic heterocycles. The Morgan fingerprint density at radius 2 is 2.27 bits per heavy atom. The highest BCUT2D eigenvalue weighted by atomic mass is 16.4. The smallest absolute Gasteiger partial charge is 0.304 e. The quantitative estimate of drug-likeness (QED) is 0.503. The number of hydrogen-bond acceptors (Lipinski definition) is 3. The SMILES string of the molecule is C[C@@H]1CN[C@H](CC(=O)O)CN1. The van der Waals surface area contributed by atoms with Gasteiger partial charge in [-0.1, -0.05) is 0 Å². The fraction of sp³-hybridized carbons (Fsp3) is 0.857. The minimum absolute atomic E-state index is 0.101. The fourth-order valence-corrected chi connectivity index (χ4v) is 1.19. The monoisotopic (exact) mass is 158 g/mol. The molecule has 0 aliphatic carbocycles. The van der Waals surface area contributed by atoms with Crippen LogP contribution in [0.15, 0.2) is 0 Å². The van der Waals surface area contributed by atoms with Gasteiger partial charge in [0.25, 0.3) is 0 Å². The van der Waals surface area contributed by atoms with E-state index in [2.05, 4.69) is 17.6 Å². The van der Waals surface area contributed by atoms with Gasteiger partial charge < -0.3 is 15.7 Å². The Bertz CT molecular complexity index is 141. The number of carboxylic acid groups (broad SMARTS) is 1. The van der Waals surface area contributed by atoms with Crippen LogP contribution in [0.3, 0.4) is 0 Å². The van der Waals surface area contributed by atoms with Crippen LogP contribution in [0.4, 0.5) is 0 Å². The number of nitrogens with one attached hydrogen (secondary N) is 2. The summed E-state index contributed by atoms with van der Waals surface area (Å²) in [6, 6.07) is 0.559. The lowest BCUT2D eigenvalue weighted by Crippen LogP contribution is -2.53. The number of carboxylic acids is 1. The topological polar surface area (TPSA) is 61.4 Å². The molecule has 0 aromatic rings. The second-order valence-corrected chi connectivity index (χ2v) is 3.01. The lowest BCUT2D eigenvalue weighted by molar-refractivity contribution is -0.137. The highest BCUT2D eigenvalue weighted by Crippen LogP contribution is 1.96. The van der Waals surface area contributed by atoms with Gasteiger partial charge in [-0.25, -0.2) is 0 Å². The van der Waals surface area contributed by atoms with Gasteiger partial charge in [0.2, 0.25) is 0 Å². The molecule has 64 valence electrons. The molecular formula is C7H14N2O2. The summed E-state index contributed by atoms with van der Waals surface area (Å²) in [4.78, 5) is 10.3. The van der Waals surface area contributed by atoms with Crippen molar-refractivity contribution in [1.82, 2.24) is 10.6 Å². The highest BCUT2D eigenvalue weighted by Gasteiger charge is 2.18.